The van der Waals surface area contributed by atoms with Crippen LogP contribution in [0.5, 0.6) is 0 Å². The largest absolute Gasteiger partial charge is 0.433 e. The van der Waals surface area contributed by atoms with Gasteiger partial charge in [-0.3, -0.25) is 4.84 Å². The van der Waals surface area contributed by atoms with Crippen LogP contribution in [0.15, 0.2) is 16.8 Å². The Kier molecular flexibility index (Phi) is 4.98. The number of likely N-dealkylation sites (N-methyl/N-ethyl adjacent to an activating group) is 1. The van der Waals surface area contributed by atoms with Gasteiger partial charge >= 0.3 is 6.09 Å². The fraction of sp³-hybridized carbons (Fsp3) is 0.636. The molecule has 0 saturated carbocycles. The zero-order valence-electron chi connectivity index (χ0n) is 10.1. The maximum Gasteiger partial charge on any atom is 0.433 e. The monoisotopic (exact) mass is 225 g/mol. The highest BCUT2D eigenvalue weighted by Gasteiger charge is 2.11. The number of hydrogen-bond acceptors (Lipinski definition) is 4. The quantitative estimate of drug-likeness (QED) is 0.448. The molecule has 1 N–H and O–H groups in total. The Morgan fingerprint density at radius 1 is 1.69 bits per heavy atom. The summed E-state index contributed by atoms with van der Waals surface area (Å²) in [7, 11) is 2.06. The van der Waals surface area contributed by atoms with Crippen LogP contribution < -0.4 is 5.32 Å². The van der Waals surface area contributed by atoms with E-state index in [1.54, 1.807) is 0 Å². The van der Waals surface area contributed by atoms with Gasteiger partial charge < -0.3 is 10.2 Å². The predicted molar refractivity (Wildman–Crippen MR) is 63.5 cm³/mol. The van der Waals surface area contributed by atoms with Gasteiger partial charge in [0.25, 0.3) is 0 Å². The fourth-order valence-electron chi connectivity index (χ4n) is 1.50. The molecule has 1 aliphatic heterocycles. The SMILES string of the molecule is CCNC(=O)O/N=C(\C)C1=CCCN(C)C1. The van der Waals surface area contributed by atoms with Crippen molar-refractivity contribution in [3.05, 3.63) is 11.6 Å². The molecular formula is C11H19N3O2. The van der Waals surface area contributed by atoms with Crippen molar-refractivity contribution >= 4 is 11.8 Å². The minimum Gasteiger partial charge on any atom is -0.320 e. The van der Waals surface area contributed by atoms with Crippen LogP contribution in [-0.2, 0) is 4.84 Å². The summed E-state index contributed by atoms with van der Waals surface area (Å²) >= 11 is 0. The molecule has 0 unspecified atom stereocenters. The van der Waals surface area contributed by atoms with Crippen LogP contribution in [-0.4, -0.2) is 43.4 Å². The Balaban J connectivity index is 2.49. The molecule has 0 aromatic rings. The van der Waals surface area contributed by atoms with Crippen molar-refractivity contribution in [1.82, 2.24) is 10.2 Å². The molecule has 5 nitrogen and oxygen atoms in total. The number of carbonyl (C=O) groups excluding carboxylic acids is 1. The third kappa shape index (κ3) is 4.02. The van der Waals surface area contributed by atoms with Gasteiger partial charge in [0.15, 0.2) is 0 Å². The lowest BCUT2D eigenvalue weighted by Gasteiger charge is -2.22. The molecule has 16 heavy (non-hydrogen) atoms. The lowest BCUT2D eigenvalue weighted by atomic mass is 10.1. The first kappa shape index (κ1) is 12.7. The van der Waals surface area contributed by atoms with E-state index in [1.165, 1.54) is 0 Å². The van der Waals surface area contributed by atoms with Crippen LogP contribution >= 0.6 is 0 Å². The standard InChI is InChI=1S/C11H19N3O2/c1-4-12-11(15)16-13-9(2)10-6-5-7-14(3)8-10/h6H,4-5,7-8H2,1-3H3,(H,12,15)/b13-9+. The minimum absolute atomic E-state index is 0.508. The van der Waals surface area contributed by atoms with Crippen molar-refractivity contribution in [1.29, 1.82) is 0 Å². The van der Waals surface area contributed by atoms with Gasteiger partial charge in [-0.25, -0.2) is 4.79 Å². The van der Waals surface area contributed by atoms with Crippen LogP contribution in [0.2, 0.25) is 0 Å². The summed E-state index contributed by atoms with van der Waals surface area (Å²) in [5, 5.41) is 6.32. The zero-order valence-corrected chi connectivity index (χ0v) is 10.1. The first-order chi connectivity index (χ1) is 7.63. The predicted octanol–water partition coefficient (Wildman–Crippen LogP) is 1.37. The molecule has 1 aliphatic rings. The molecular weight excluding hydrogens is 206 g/mol. The molecule has 0 bridgehead atoms. The minimum atomic E-state index is -0.508. The molecule has 0 aliphatic carbocycles. The average molecular weight is 225 g/mol. The number of nitrogens with zero attached hydrogens (tertiary/aromatic N) is 2. The highest BCUT2D eigenvalue weighted by atomic mass is 16.7. The van der Waals surface area contributed by atoms with Crippen molar-refractivity contribution in [2.75, 3.05) is 26.7 Å². The van der Waals surface area contributed by atoms with Crippen LogP contribution in [0.3, 0.4) is 0 Å². The third-order valence-electron chi connectivity index (χ3n) is 2.39. The Bertz CT molecular complexity index is 310. The van der Waals surface area contributed by atoms with Crippen molar-refractivity contribution in [2.45, 2.75) is 20.3 Å². The molecule has 0 aromatic carbocycles. The van der Waals surface area contributed by atoms with Gasteiger partial charge in [0.05, 0.1) is 5.71 Å². The first-order valence-corrected chi connectivity index (χ1v) is 5.51. The zero-order chi connectivity index (χ0) is 12.0. The van der Waals surface area contributed by atoms with Crippen molar-refractivity contribution < 1.29 is 9.63 Å². The Morgan fingerprint density at radius 3 is 3.06 bits per heavy atom. The van der Waals surface area contributed by atoms with E-state index in [1.807, 2.05) is 13.8 Å². The molecule has 1 heterocycles. The van der Waals surface area contributed by atoms with Gasteiger partial charge in [-0.2, -0.15) is 0 Å². The van der Waals surface area contributed by atoms with E-state index in [0.29, 0.717) is 6.54 Å². The lowest BCUT2D eigenvalue weighted by Crippen LogP contribution is -2.28. The molecule has 0 saturated heterocycles. The van der Waals surface area contributed by atoms with E-state index < -0.39 is 6.09 Å². The van der Waals surface area contributed by atoms with E-state index in [9.17, 15) is 4.79 Å². The van der Waals surface area contributed by atoms with E-state index in [4.69, 9.17) is 4.84 Å². The number of amides is 1. The third-order valence-corrected chi connectivity index (χ3v) is 2.39. The van der Waals surface area contributed by atoms with Crippen molar-refractivity contribution in [3.63, 3.8) is 0 Å². The van der Waals surface area contributed by atoms with Gasteiger partial charge in [0.2, 0.25) is 0 Å². The van der Waals surface area contributed by atoms with Gasteiger partial charge in [-0.05, 0) is 32.9 Å². The topological polar surface area (TPSA) is 53.9 Å². The van der Waals surface area contributed by atoms with Gasteiger partial charge in [-0.1, -0.05) is 11.2 Å². The van der Waals surface area contributed by atoms with E-state index in [-0.39, 0.29) is 0 Å². The molecule has 0 fully saturated rings. The summed E-state index contributed by atoms with van der Waals surface area (Å²) in [6.45, 7) is 6.14. The van der Waals surface area contributed by atoms with Crippen molar-refractivity contribution in [2.24, 2.45) is 5.16 Å². The molecule has 0 aromatic heterocycles. The van der Waals surface area contributed by atoms with E-state index >= 15 is 0 Å². The van der Waals surface area contributed by atoms with Gasteiger partial charge in [0, 0.05) is 19.6 Å². The number of nitrogens with one attached hydrogen (secondary N) is 1. The van der Waals surface area contributed by atoms with Crippen LogP contribution in [0, 0.1) is 0 Å². The summed E-state index contributed by atoms with van der Waals surface area (Å²) in [4.78, 5) is 17.9. The van der Waals surface area contributed by atoms with Gasteiger partial charge in [-0.15, -0.1) is 0 Å². The first-order valence-electron chi connectivity index (χ1n) is 5.51. The molecule has 90 valence electrons. The van der Waals surface area contributed by atoms with E-state index in [0.717, 1.165) is 30.8 Å². The summed E-state index contributed by atoms with van der Waals surface area (Å²) in [5.41, 5.74) is 1.89. The molecule has 1 rings (SSSR count). The number of hydrogen-bond donors (Lipinski definition) is 1. The smallest absolute Gasteiger partial charge is 0.320 e. The van der Waals surface area contributed by atoms with Crippen molar-refractivity contribution in [3.8, 4) is 0 Å². The maximum absolute atomic E-state index is 11.0. The maximum atomic E-state index is 11.0. The average Bonchev–Trinajstić information content (AvgIpc) is 2.26. The lowest BCUT2D eigenvalue weighted by molar-refractivity contribution is 0.151. The Morgan fingerprint density at radius 2 is 2.44 bits per heavy atom. The number of oxime groups is 1. The molecule has 0 spiro atoms. The second-order valence-corrected chi connectivity index (χ2v) is 3.84. The second kappa shape index (κ2) is 6.27. The fourth-order valence-corrected chi connectivity index (χ4v) is 1.50. The Hall–Kier alpha value is -1.36. The van der Waals surface area contributed by atoms with Crippen LogP contribution in [0.4, 0.5) is 4.79 Å². The Labute approximate surface area is 96.1 Å². The number of rotatable bonds is 3. The second-order valence-electron chi connectivity index (χ2n) is 3.84. The molecule has 1 amide bonds. The molecule has 5 heteroatoms. The molecule has 0 atom stereocenters. The summed E-state index contributed by atoms with van der Waals surface area (Å²) < 4.78 is 0. The summed E-state index contributed by atoms with van der Waals surface area (Å²) in [6.07, 6.45) is 2.64. The highest BCUT2D eigenvalue weighted by Crippen LogP contribution is 2.09. The summed E-state index contributed by atoms with van der Waals surface area (Å²) in [6, 6.07) is 0. The van der Waals surface area contributed by atoms with Crippen LogP contribution in [0.1, 0.15) is 20.3 Å². The molecule has 0 radical (unpaired) electrons. The van der Waals surface area contributed by atoms with Gasteiger partial charge in [0.1, 0.15) is 0 Å². The normalized spacial score (nSPS) is 17.9. The summed E-state index contributed by atoms with van der Waals surface area (Å²) in [5.74, 6) is 0. The number of carbonyl (C=O) groups is 1. The van der Waals surface area contributed by atoms with E-state index in [2.05, 4.69) is 28.5 Å². The van der Waals surface area contributed by atoms with Crippen LogP contribution in [0.25, 0.3) is 0 Å². The highest BCUT2D eigenvalue weighted by molar-refractivity contribution is 5.98.